The van der Waals surface area contributed by atoms with E-state index in [0.717, 1.165) is 22.9 Å². The fourth-order valence-electron chi connectivity index (χ4n) is 4.20. The molecule has 2 aromatic carbocycles. The number of amides is 2. The molecule has 0 aliphatic heterocycles. The number of nitrogen functional groups attached to an aromatic ring is 1. The lowest BCUT2D eigenvalue weighted by atomic mass is 9.86. The number of hydrogen-bond acceptors (Lipinski definition) is 5. The smallest absolute Gasteiger partial charge is 0.273 e. The van der Waals surface area contributed by atoms with E-state index in [1.807, 2.05) is 69.3 Å². The third kappa shape index (κ3) is 5.22. The largest absolute Gasteiger partial charge is 0.399 e. The normalized spacial score (nSPS) is 18.5. The summed E-state index contributed by atoms with van der Waals surface area (Å²) in [5, 5.41) is 20.5. The standard InChI is InChI=1S/C26H33N5O3/c1-26(2,3)23(25(34)28-13-17-12-18(17)15-32)29-24(33)22-20-6-4-5-7-21(20)31(30-22)14-16-8-10-19(27)11-9-16/h4-11,17-18,23,32H,12-15,27H2,1-3H3,(H,28,34)(H,29,33)/t17-,18?,23?/m1/s1. The SMILES string of the molecule is CC(C)(C)C(NC(=O)c1nn(Cc2ccc(N)cc2)c2ccccc12)C(=O)NC[C@H]1CC1CO. The number of aromatic nitrogens is 2. The molecule has 5 N–H and O–H groups in total. The number of para-hydroxylation sites is 1. The van der Waals surface area contributed by atoms with Crippen molar-refractivity contribution in [2.24, 2.45) is 17.3 Å². The highest BCUT2D eigenvalue weighted by Gasteiger charge is 2.38. The van der Waals surface area contributed by atoms with Crippen LogP contribution in [0.4, 0.5) is 5.69 Å². The maximum absolute atomic E-state index is 13.4. The van der Waals surface area contributed by atoms with Gasteiger partial charge in [-0.15, -0.1) is 0 Å². The first-order valence-electron chi connectivity index (χ1n) is 11.7. The Morgan fingerprint density at radius 3 is 2.50 bits per heavy atom. The van der Waals surface area contributed by atoms with Crippen LogP contribution in [0.2, 0.25) is 0 Å². The minimum Gasteiger partial charge on any atom is -0.399 e. The van der Waals surface area contributed by atoms with Crippen LogP contribution in [0.1, 0.15) is 43.2 Å². The monoisotopic (exact) mass is 463 g/mol. The lowest BCUT2D eigenvalue weighted by Gasteiger charge is -2.30. The fraction of sp³-hybridized carbons (Fsp3) is 0.423. The molecule has 1 heterocycles. The number of aliphatic hydroxyl groups excluding tert-OH is 1. The molecule has 2 amide bonds. The first-order chi connectivity index (χ1) is 16.2. The molecule has 3 atom stereocenters. The van der Waals surface area contributed by atoms with Crippen molar-refractivity contribution in [3.8, 4) is 0 Å². The highest BCUT2D eigenvalue weighted by atomic mass is 16.3. The zero-order valence-electron chi connectivity index (χ0n) is 19.9. The van der Waals surface area contributed by atoms with Gasteiger partial charge in [0.25, 0.3) is 5.91 Å². The third-order valence-corrected chi connectivity index (χ3v) is 6.43. The van der Waals surface area contributed by atoms with Crippen molar-refractivity contribution in [3.05, 3.63) is 59.8 Å². The van der Waals surface area contributed by atoms with Crippen LogP contribution in [0.5, 0.6) is 0 Å². The van der Waals surface area contributed by atoms with Gasteiger partial charge in [-0.1, -0.05) is 51.1 Å². The number of anilines is 1. The zero-order valence-corrected chi connectivity index (χ0v) is 19.9. The Bertz CT molecular complexity index is 1180. The van der Waals surface area contributed by atoms with E-state index in [1.54, 1.807) is 4.68 Å². The number of nitrogens with one attached hydrogen (secondary N) is 2. The van der Waals surface area contributed by atoms with Gasteiger partial charge in [-0.05, 0) is 47.4 Å². The van der Waals surface area contributed by atoms with Gasteiger partial charge in [-0.3, -0.25) is 14.3 Å². The molecular weight excluding hydrogens is 430 g/mol. The quantitative estimate of drug-likeness (QED) is 0.383. The van der Waals surface area contributed by atoms with Crippen molar-refractivity contribution in [1.82, 2.24) is 20.4 Å². The summed E-state index contributed by atoms with van der Waals surface area (Å²) in [5.74, 6) is -0.0466. The van der Waals surface area contributed by atoms with Crippen molar-refractivity contribution in [2.75, 3.05) is 18.9 Å². The van der Waals surface area contributed by atoms with Crippen LogP contribution in [0.15, 0.2) is 48.5 Å². The van der Waals surface area contributed by atoms with E-state index in [2.05, 4.69) is 15.7 Å². The van der Waals surface area contributed by atoms with Gasteiger partial charge in [0.2, 0.25) is 5.91 Å². The Hall–Kier alpha value is -3.39. The summed E-state index contributed by atoms with van der Waals surface area (Å²) in [6.45, 7) is 6.90. The topological polar surface area (TPSA) is 122 Å². The summed E-state index contributed by atoms with van der Waals surface area (Å²) in [6, 6.07) is 14.4. The van der Waals surface area contributed by atoms with Gasteiger partial charge in [-0.25, -0.2) is 0 Å². The molecule has 4 rings (SSSR count). The second-order valence-corrected chi connectivity index (χ2v) is 10.2. The number of aliphatic hydroxyl groups is 1. The molecule has 34 heavy (non-hydrogen) atoms. The van der Waals surface area contributed by atoms with E-state index in [-0.39, 0.29) is 30.0 Å². The molecule has 3 aromatic rings. The van der Waals surface area contributed by atoms with E-state index in [4.69, 9.17) is 5.73 Å². The predicted molar refractivity (Wildman–Crippen MR) is 132 cm³/mol. The second-order valence-electron chi connectivity index (χ2n) is 10.2. The van der Waals surface area contributed by atoms with Crippen LogP contribution in [0.25, 0.3) is 10.9 Å². The summed E-state index contributed by atoms with van der Waals surface area (Å²) in [5.41, 5.74) is 8.13. The van der Waals surface area contributed by atoms with Crippen LogP contribution in [-0.4, -0.2) is 45.9 Å². The van der Waals surface area contributed by atoms with E-state index in [1.165, 1.54) is 0 Å². The Morgan fingerprint density at radius 1 is 1.15 bits per heavy atom. The summed E-state index contributed by atoms with van der Waals surface area (Å²) < 4.78 is 1.80. The van der Waals surface area contributed by atoms with Gasteiger partial charge in [0.05, 0.1) is 12.1 Å². The molecule has 0 radical (unpaired) electrons. The highest BCUT2D eigenvalue weighted by molar-refractivity contribution is 6.06. The molecule has 8 nitrogen and oxygen atoms in total. The van der Waals surface area contributed by atoms with Crippen LogP contribution in [0.3, 0.4) is 0 Å². The molecule has 8 heteroatoms. The number of rotatable bonds is 8. The number of benzene rings is 2. The number of hydrogen-bond donors (Lipinski definition) is 4. The summed E-state index contributed by atoms with van der Waals surface area (Å²) in [4.78, 5) is 26.4. The molecule has 2 unspecified atom stereocenters. The van der Waals surface area contributed by atoms with Crippen LogP contribution in [-0.2, 0) is 11.3 Å². The minimum atomic E-state index is -0.729. The Kier molecular flexibility index (Phi) is 6.61. The van der Waals surface area contributed by atoms with Gasteiger partial charge in [0.15, 0.2) is 5.69 Å². The third-order valence-electron chi connectivity index (χ3n) is 6.43. The average molecular weight is 464 g/mol. The first kappa shape index (κ1) is 23.8. The fourth-order valence-corrected chi connectivity index (χ4v) is 4.20. The summed E-state index contributed by atoms with van der Waals surface area (Å²) >= 11 is 0. The Labute approximate surface area is 199 Å². The molecule has 1 saturated carbocycles. The number of nitrogens with two attached hydrogens (primary N) is 1. The van der Waals surface area contributed by atoms with Crippen molar-refractivity contribution < 1.29 is 14.7 Å². The van der Waals surface area contributed by atoms with E-state index in [9.17, 15) is 14.7 Å². The van der Waals surface area contributed by atoms with Crippen molar-refractivity contribution in [2.45, 2.75) is 39.8 Å². The average Bonchev–Trinajstić information content (AvgIpc) is 3.48. The maximum atomic E-state index is 13.4. The minimum absolute atomic E-state index is 0.145. The van der Waals surface area contributed by atoms with Gasteiger partial charge in [0, 0.05) is 24.2 Å². The summed E-state index contributed by atoms with van der Waals surface area (Å²) in [7, 11) is 0. The molecule has 180 valence electrons. The highest BCUT2D eigenvalue weighted by Crippen LogP contribution is 2.37. The molecule has 1 aliphatic carbocycles. The molecule has 1 fully saturated rings. The number of fused-ring (bicyclic) bond motifs is 1. The maximum Gasteiger partial charge on any atom is 0.273 e. The number of carbonyl (C=O) groups is 2. The van der Waals surface area contributed by atoms with E-state index >= 15 is 0 Å². The number of carbonyl (C=O) groups excluding carboxylic acids is 2. The lowest BCUT2D eigenvalue weighted by molar-refractivity contribution is -0.125. The van der Waals surface area contributed by atoms with Crippen molar-refractivity contribution >= 4 is 28.4 Å². The Morgan fingerprint density at radius 2 is 1.85 bits per heavy atom. The van der Waals surface area contributed by atoms with E-state index in [0.29, 0.717) is 24.7 Å². The zero-order chi connectivity index (χ0) is 24.5. The number of nitrogens with zero attached hydrogens (tertiary/aromatic N) is 2. The summed E-state index contributed by atoms with van der Waals surface area (Å²) in [6.07, 6.45) is 0.917. The molecule has 0 spiro atoms. The van der Waals surface area contributed by atoms with Gasteiger partial charge in [-0.2, -0.15) is 5.10 Å². The predicted octanol–water partition coefficient (Wildman–Crippen LogP) is 2.56. The van der Waals surface area contributed by atoms with Gasteiger partial charge < -0.3 is 21.5 Å². The van der Waals surface area contributed by atoms with Gasteiger partial charge >= 0.3 is 0 Å². The van der Waals surface area contributed by atoms with Crippen LogP contribution in [0, 0.1) is 17.3 Å². The van der Waals surface area contributed by atoms with Crippen molar-refractivity contribution in [1.29, 1.82) is 0 Å². The van der Waals surface area contributed by atoms with Crippen molar-refractivity contribution in [3.63, 3.8) is 0 Å². The van der Waals surface area contributed by atoms with Crippen LogP contribution < -0.4 is 16.4 Å². The first-order valence-corrected chi connectivity index (χ1v) is 11.7. The van der Waals surface area contributed by atoms with E-state index < -0.39 is 11.5 Å². The molecule has 0 bridgehead atoms. The Balaban J connectivity index is 1.54. The molecule has 1 aliphatic rings. The molecule has 1 aromatic heterocycles. The lowest BCUT2D eigenvalue weighted by Crippen LogP contribution is -2.54. The molecular formula is C26H33N5O3. The molecule has 0 saturated heterocycles. The van der Waals surface area contributed by atoms with Crippen LogP contribution >= 0.6 is 0 Å². The second kappa shape index (κ2) is 9.46. The van der Waals surface area contributed by atoms with Gasteiger partial charge in [0.1, 0.15) is 6.04 Å².